The van der Waals surface area contributed by atoms with Gasteiger partial charge in [-0.1, -0.05) is 0 Å². The molecule has 48 valence electrons. The molecule has 0 aromatic rings. The number of rotatable bonds is 1. The largest absolute Gasteiger partial charge is 0.394 e. The Morgan fingerprint density at radius 2 is 2.50 bits per heavy atom. The zero-order valence-electron chi connectivity index (χ0n) is 4.71. The molecular weight excluding hydrogens is 106 g/mol. The minimum Gasteiger partial charge on any atom is -0.394 e. The molecule has 0 aromatic carbocycles. The molecule has 3 heteroatoms. The first-order chi connectivity index (χ1) is 3.83. The van der Waals surface area contributed by atoms with Gasteiger partial charge in [0.1, 0.15) is 0 Å². The monoisotopic (exact) mass is 117 g/mol. The van der Waals surface area contributed by atoms with Crippen molar-refractivity contribution in [1.82, 2.24) is 0 Å². The molecule has 0 spiro atoms. The van der Waals surface area contributed by atoms with E-state index in [2.05, 4.69) is 0 Å². The maximum Gasteiger partial charge on any atom is 0.0822 e. The normalized spacial score (nSPS) is 38.2. The summed E-state index contributed by atoms with van der Waals surface area (Å²) in [6, 6.07) is 0.146. The molecule has 1 rings (SSSR count). The summed E-state index contributed by atoms with van der Waals surface area (Å²) in [5.74, 6) is 0. The number of hydrogen-bond donors (Lipinski definition) is 2. The molecule has 0 amide bonds. The van der Waals surface area contributed by atoms with Gasteiger partial charge in [-0.25, -0.2) is 0 Å². The Kier molecular flexibility index (Phi) is 1.83. The van der Waals surface area contributed by atoms with Crippen LogP contribution >= 0.6 is 0 Å². The van der Waals surface area contributed by atoms with Gasteiger partial charge in [-0.15, -0.1) is 0 Å². The fraction of sp³-hybridized carbons (Fsp3) is 1.00. The van der Waals surface area contributed by atoms with Gasteiger partial charge in [0.05, 0.1) is 19.3 Å². The molecule has 0 radical (unpaired) electrons. The summed E-state index contributed by atoms with van der Waals surface area (Å²) < 4.78 is 5.04. The Bertz CT molecular complexity index is 76.8. The van der Waals surface area contributed by atoms with Gasteiger partial charge in [0.2, 0.25) is 0 Å². The lowest BCUT2D eigenvalue weighted by molar-refractivity contribution is 0.0585. The van der Waals surface area contributed by atoms with E-state index in [1.165, 1.54) is 0 Å². The maximum atomic E-state index is 8.50. The molecular formula is C5H11NO2. The van der Waals surface area contributed by atoms with Crippen molar-refractivity contribution in [2.45, 2.75) is 18.6 Å². The van der Waals surface area contributed by atoms with Crippen LogP contribution < -0.4 is 5.73 Å². The highest BCUT2D eigenvalue weighted by molar-refractivity contribution is 4.74. The lowest BCUT2D eigenvalue weighted by Gasteiger charge is -2.00. The average Bonchev–Trinajstić information content (AvgIpc) is 2.14. The van der Waals surface area contributed by atoms with Gasteiger partial charge >= 0.3 is 0 Å². The van der Waals surface area contributed by atoms with Crippen molar-refractivity contribution < 1.29 is 9.84 Å². The smallest absolute Gasteiger partial charge is 0.0822 e. The molecule has 0 unspecified atom stereocenters. The molecule has 3 nitrogen and oxygen atoms in total. The Hall–Kier alpha value is -0.120. The van der Waals surface area contributed by atoms with Gasteiger partial charge in [0.15, 0.2) is 0 Å². The van der Waals surface area contributed by atoms with Crippen LogP contribution in [-0.4, -0.2) is 30.5 Å². The van der Waals surface area contributed by atoms with Crippen LogP contribution in [0.1, 0.15) is 6.42 Å². The zero-order valence-corrected chi connectivity index (χ0v) is 4.71. The minimum atomic E-state index is 0.00463. The molecule has 0 bridgehead atoms. The fourth-order valence-electron chi connectivity index (χ4n) is 0.861. The van der Waals surface area contributed by atoms with E-state index in [0.29, 0.717) is 6.61 Å². The summed E-state index contributed by atoms with van der Waals surface area (Å²) in [6.45, 7) is 0.707. The number of nitrogens with two attached hydrogens (primary N) is 1. The summed E-state index contributed by atoms with van der Waals surface area (Å²) >= 11 is 0. The molecule has 1 saturated heterocycles. The molecule has 3 N–H and O–H groups in total. The maximum absolute atomic E-state index is 8.50. The summed E-state index contributed by atoms with van der Waals surface area (Å²) in [5, 5.41) is 8.50. The van der Waals surface area contributed by atoms with E-state index < -0.39 is 0 Å². The van der Waals surface area contributed by atoms with Crippen LogP contribution in [0.25, 0.3) is 0 Å². The fourth-order valence-corrected chi connectivity index (χ4v) is 0.861. The van der Waals surface area contributed by atoms with Crippen molar-refractivity contribution in [2.75, 3.05) is 13.2 Å². The number of aliphatic hydroxyl groups is 1. The summed E-state index contributed by atoms with van der Waals surface area (Å²) in [5.41, 5.74) is 5.46. The summed E-state index contributed by atoms with van der Waals surface area (Å²) in [7, 11) is 0. The minimum absolute atomic E-state index is 0.00463. The second-order valence-corrected chi connectivity index (χ2v) is 2.13. The van der Waals surface area contributed by atoms with Crippen molar-refractivity contribution in [1.29, 1.82) is 0 Å². The Morgan fingerprint density at radius 1 is 1.75 bits per heavy atom. The zero-order chi connectivity index (χ0) is 5.98. The molecule has 2 atom stereocenters. The van der Waals surface area contributed by atoms with E-state index in [-0.39, 0.29) is 18.8 Å². The van der Waals surface area contributed by atoms with Crippen LogP contribution in [-0.2, 0) is 4.74 Å². The molecule has 8 heavy (non-hydrogen) atoms. The van der Waals surface area contributed by atoms with Gasteiger partial charge < -0.3 is 15.6 Å². The number of aliphatic hydroxyl groups excluding tert-OH is 1. The van der Waals surface area contributed by atoms with Crippen LogP contribution in [0.2, 0.25) is 0 Å². The van der Waals surface area contributed by atoms with E-state index >= 15 is 0 Å². The molecule has 1 aliphatic heterocycles. The lowest BCUT2D eigenvalue weighted by atomic mass is 10.2. The number of hydrogen-bond acceptors (Lipinski definition) is 3. The molecule has 1 heterocycles. The van der Waals surface area contributed by atoms with Crippen LogP contribution in [0, 0.1) is 0 Å². The summed E-state index contributed by atoms with van der Waals surface area (Å²) in [4.78, 5) is 0. The molecule has 1 aliphatic rings. The summed E-state index contributed by atoms with van der Waals surface area (Å²) in [6.07, 6.45) is 0.807. The van der Waals surface area contributed by atoms with Crippen molar-refractivity contribution in [3.8, 4) is 0 Å². The van der Waals surface area contributed by atoms with Gasteiger partial charge in [0.25, 0.3) is 0 Å². The van der Waals surface area contributed by atoms with Gasteiger partial charge in [0, 0.05) is 6.04 Å². The number of ether oxygens (including phenoxy) is 1. The first-order valence-electron chi connectivity index (χ1n) is 2.81. The van der Waals surface area contributed by atoms with E-state index in [0.717, 1.165) is 6.42 Å². The Morgan fingerprint density at radius 3 is 2.75 bits per heavy atom. The Balaban J connectivity index is 2.22. The lowest BCUT2D eigenvalue weighted by Crippen LogP contribution is -2.19. The average molecular weight is 117 g/mol. The topological polar surface area (TPSA) is 55.5 Å². The standard InChI is InChI=1S/C5H11NO2/c6-4-1-5(2-7)8-3-4/h4-5,7H,1-3,6H2/t4-,5-/m0/s1. The van der Waals surface area contributed by atoms with Crippen molar-refractivity contribution in [2.24, 2.45) is 5.73 Å². The predicted octanol–water partition coefficient (Wildman–Crippen LogP) is -0.905. The third kappa shape index (κ3) is 1.18. The van der Waals surface area contributed by atoms with Gasteiger partial charge in [-0.2, -0.15) is 0 Å². The van der Waals surface area contributed by atoms with Gasteiger partial charge in [-0.05, 0) is 6.42 Å². The van der Waals surface area contributed by atoms with Crippen molar-refractivity contribution in [3.63, 3.8) is 0 Å². The first kappa shape index (κ1) is 6.01. The van der Waals surface area contributed by atoms with Crippen molar-refractivity contribution >= 4 is 0 Å². The first-order valence-corrected chi connectivity index (χ1v) is 2.81. The molecule has 0 aliphatic carbocycles. The van der Waals surface area contributed by atoms with E-state index in [4.69, 9.17) is 15.6 Å². The molecule has 1 fully saturated rings. The second-order valence-electron chi connectivity index (χ2n) is 2.13. The SMILES string of the molecule is N[C@@H]1CO[C@H](CO)C1. The quantitative estimate of drug-likeness (QED) is 0.467. The highest BCUT2D eigenvalue weighted by Gasteiger charge is 2.20. The predicted molar refractivity (Wildman–Crippen MR) is 29.4 cm³/mol. The highest BCUT2D eigenvalue weighted by atomic mass is 16.5. The van der Waals surface area contributed by atoms with Gasteiger partial charge in [-0.3, -0.25) is 0 Å². The third-order valence-corrected chi connectivity index (χ3v) is 1.32. The third-order valence-electron chi connectivity index (χ3n) is 1.32. The van der Waals surface area contributed by atoms with Crippen LogP contribution in [0.4, 0.5) is 0 Å². The van der Waals surface area contributed by atoms with E-state index in [1.807, 2.05) is 0 Å². The Labute approximate surface area is 48.4 Å². The second kappa shape index (κ2) is 2.44. The molecule has 0 saturated carbocycles. The van der Waals surface area contributed by atoms with Crippen LogP contribution in [0.3, 0.4) is 0 Å². The van der Waals surface area contributed by atoms with Crippen LogP contribution in [0.15, 0.2) is 0 Å². The van der Waals surface area contributed by atoms with E-state index in [9.17, 15) is 0 Å². The molecule has 0 aromatic heterocycles. The van der Waals surface area contributed by atoms with E-state index in [1.54, 1.807) is 0 Å². The van der Waals surface area contributed by atoms with Crippen molar-refractivity contribution in [3.05, 3.63) is 0 Å². The highest BCUT2D eigenvalue weighted by Crippen LogP contribution is 2.09. The van der Waals surface area contributed by atoms with Crippen LogP contribution in [0.5, 0.6) is 0 Å².